The molecule has 2 atom stereocenters. The number of hydrogen-bond acceptors (Lipinski definition) is 3. The van der Waals surface area contributed by atoms with E-state index in [1.54, 1.807) is 6.92 Å². The molecule has 1 aliphatic rings. The Hall–Kier alpha value is -1.55. The van der Waals surface area contributed by atoms with Crippen LogP contribution in [-0.4, -0.2) is 25.0 Å². The van der Waals surface area contributed by atoms with Gasteiger partial charge in [-0.2, -0.15) is 0 Å². The van der Waals surface area contributed by atoms with Gasteiger partial charge in [-0.3, -0.25) is 4.79 Å². The molecule has 3 N–H and O–H groups in total. The van der Waals surface area contributed by atoms with Crippen molar-refractivity contribution in [3.8, 4) is 0 Å². The minimum atomic E-state index is 0.0520. The summed E-state index contributed by atoms with van der Waals surface area (Å²) in [7, 11) is 0. The molecule has 104 valence electrons. The third-order valence-corrected chi connectivity index (χ3v) is 3.72. The first kappa shape index (κ1) is 13.9. The zero-order valence-corrected chi connectivity index (χ0v) is 11.7. The summed E-state index contributed by atoms with van der Waals surface area (Å²) in [4.78, 5) is 13.4. The zero-order chi connectivity index (χ0) is 13.8. The number of anilines is 1. The highest BCUT2D eigenvalue weighted by Gasteiger charge is 2.23. The fraction of sp³-hybridized carbons (Fsp3) is 0.533. The van der Waals surface area contributed by atoms with E-state index in [4.69, 9.17) is 5.73 Å². The lowest BCUT2D eigenvalue weighted by Crippen LogP contribution is -2.35. The summed E-state index contributed by atoms with van der Waals surface area (Å²) in [6, 6.07) is 8.86. The Kier molecular flexibility index (Phi) is 4.43. The summed E-state index contributed by atoms with van der Waals surface area (Å²) >= 11 is 0. The van der Waals surface area contributed by atoms with Crippen LogP contribution in [0, 0.1) is 0 Å². The number of nitrogens with two attached hydrogens (primary N) is 1. The Morgan fingerprint density at radius 3 is 2.74 bits per heavy atom. The number of carbonyl (C=O) groups excluding carboxylic acids is 1. The molecular weight excluding hydrogens is 238 g/mol. The molecule has 1 unspecified atom stereocenters. The van der Waals surface area contributed by atoms with Crippen molar-refractivity contribution in [2.45, 2.75) is 38.8 Å². The lowest BCUT2D eigenvalue weighted by atomic mass is 10.1. The second kappa shape index (κ2) is 6.06. The van der Waals surface area contributed by atoms with Crippen molar-refractivity contribution in [2.75, 3.05) is 18.0 Å². The fourth-order valence-electron chi connectivity index (χ4n) is 2.57. The minimum Gasteiger partial charge on any atom is -0.369 e. The maximum Gasteiger partial charge on any atom is 0.217 e. The molecule has 19 heavy (non-hydrogen) atoms. The first-order valence-electron chi connectivity index (χ1n) is 6.97. The number of nitrogens with one attached hydrogen (secondary N) is 1. The van der Waals surface area contributed by atoms with Gasteiger partial charge in [0.2, 0.25) is 5.91 Å². The largest absolute Gasteiger partial charge is 0.369 e. The number of benzene rings is 1. The molecule has 4 nitrogen and oxygen atoms in total. The monoisotopic (exact) mass is 261 g/mol. The number of amides is 1. The van der Waals surface area contributed by atoms with Gasteiger partial charge in [-0.15, -0.1) is 0 Å². The molecule has 0 aliphatic carbocycles. The van der Waals surface area contributed by atoms with E-state index in [0.29, 0.717) is 0 Å². The van der Waals surface area contributed by atoms with Gasteiger partial charge >= 0.3 is 0 Å². The second-order valence-electron chi connectivity index (χ2n) is 5.24. The smallest absolute Gasteiger partial charge is 0.217 e. The van der Waals surface area contributed by atoms with Crippen LogP contribution in [0.1, 0.15) is 38.3 Å². The van der Waals surface area contributed by atoms with Crippen LogP contribution >= 0.6 is 0 Å². The fourth-order valence-corrected chi connectivity index (χ4v) is 2.57. The van der Waals surface area contributed by atoms with E-state index < -0.39 is 0 Å². The predicted molar refractivity (Wildman–Crippen MR) is 78.1 cm³/mol. The van der Waals surface area contributed by atoms with Gasteiger partial charge in [0.25, 0.3) is 0 Å². The Morgan fingerprint density at radius 1 is 1.47 bits per heavy atom. The Balaban J connectivity index is 1.98. The average molecular weight is 261 g/mol. The molecule has 1 aromatic carbocycles. The summed E-state index contributed by atoms with van der Waals surface area (Å²) < 4.78 is 0. The number of carbonyl (C=O) groups is 1. The molecule has 0 aromatic heterocycles. The van der Waals surface area contributed by atoms with Crippen molar-refractivity contribution in [3.05, 3.63) is 29.8 Å². The molecule has 0 bridgehead atoms. The van der Waals surface area contributed by atoms with Gasteiger partial charge in [0, 0.05) is 37.8 Å². The summed E-state index contributed by atoms with van der Waals surface area (Å²) in [6.45, 7) is 5.55. The van der Waals surface area contributed by atoms with Crippen LogP contribution in [0.25, 0.3) is 0 Å². The number of nitrogens with zero attached hydrogens (tertiary/aromatic N) is 1. The third-order valence-electron chi connectivity index (χ3n) is 3.72. The summed E-state index contributed by atoms with van der Waals surface area (Å²) in [5.41, 5.74) is 8.41. The molecule has 1 aliphatic heterocycles. The van der Waals surface area contributed by atoms with Crippen LogP contribution in [0.5, 0.6) is 0 Å². The lowest BCUT2D eigenvalue weighted by Gasteiger charge is -2.20. The van der Waals surface area contributed by atoms with Crippen LogP contribution in [0.3, 0.4) is 0 Å². The highest BCUT2D eigenvalue weighted by atomic mass is 16.1. The van der Waals surface area contributed by atoms with E-state index in [1.165, 1.54) is 11.3 Å². The normalized spacial score (nSPS) is 20.4. The van der Waals surface area contributed by atoms with Crippen molar-refractivity contribution in [1.29, 1.82) is 0 Å². The van der Waals surface area contributed by atoms with Crippen molar-refractivity contribution < 1.29 is 4.79 Å². The second-order valence-corrected chi connectivity index (χ2v) is 5.24. The van der Waals surface area contributed by atoms with Gasteiger partial charge in [0.15, 0.2) is 0 Å². The molecule has 0 radical (unpaired) electrons. The van der Waals surface area contributed by atoms with Gasteiger partial charge in [0.1, 0.15) is 0 Å². The first-order chi connectivity index (χ1) is 9.10. The van der Waals surface area contributed by atoms with Crippen molar-refractivity contribution in [2.24, 2.45) is 5.73 Å². The molecular formula is C15H23N3O. The average Bonchev–Trinajstić information content (AvgIpc) is 2.85. The Morgan fingerprint density at radius 2 is 2.16 bits per heavy atom. The first-order valence-corrected chi connectivity index (χ1v) is 6.97. The molecule has 4 heteroatoms. The van der Waals surface area contributed by atoms with Gasteiger partial charge < -0.3 is 16.0 Å². The predicted octanol–water partition coefficient (Wildman–Crippen LogP) is 1.81. The highest BCUT2D eigenvalue weighted by molar-refractivity contribution is 5.73. The van der Waals surface area contributed by atoms with Crippen molar-refractivity contribution >= 4 is 11.6 Å². The van der Waals surface area contributed by atoms with Gasteiger partial charge in [-0.05, 0) is 30.5 Å². The molecule has 1 heterocycles. The minimum absolute atomic E-state index is 0.0520. The maximum absolute atomic E-state index is 11.1. The van der Waals surface area contributed by atoms with Crippen molar-refractivity contribution in [3.63, 3.8) is 0 Å². The third kappa shape index (κ3) is 3.47. The number of hydrogen-bond donors (Lipinski definition) is 2. The SMILES string of the molecule is CC[C@@H](N)c1ccc(N2CCC(NC(C)=O)C2)cc1. The Labute approximate surface area is 115 Å². The highest BCUT2D eigenvalue weighted by Crippen LogP contribution is 2.23. The van der Waals surface area contributed by atoms with Crippen LogP contribution in [0.2, 0.25) is 0 Å². The molecule has 1 amide bonds. The lowest BCUT2D eigenvalue weighted by molar-refractivity contribution is -0.119. The van der Waals surface area contributed by atoms with Crippen LogP contribution in [0.15, 0.2) is 24.3 Å². The van der Waals surface area contributed by atoms with E-state index in [-0.39, 0.29) is 18.0 Å². The van der Waals surface area contributed by atoms with E-state index >= 15 is 0 Å². The summed E-state index contributed by atoms with van der Waals surface area (Å²) in [5, 5.41) is 2.98. The zero-order valence-electron chi connectivity index (χ0n) is 11.7. The quantitative estimate of drug-likeness (QED) is 0.869. The van der Waals surface area contributed by atoms with E-state index in [9.17, 15) is 4.79 Å². The molecule has 1 aromatic rings. The topological polar surface area (TPSA) is 58.4 Å². The Bertz CT molecular complexity index is 430. The van der Waals surface area contributed by atoms with Crippen LogP contribution in [-0.2, 0) is 4.79 Å². The van der Waals surface area contributed by atoms with Gasteiger partial charge in [-0.25, -0.2) is 0 Å². The molecule has 1 fully saturated rings. The summed E-state index contributed by atoms with van der Waals surface area (Å²) in [6.07, 6.45) is 1.96. The number of rotatable bonds is 4. The molecule has 0 spiro atoms. The van der Waals surface area contributed by atoms with Gasteiger partial charge in [-0.1, -0.05) is 19.1 Å². The van der Waals surface area contributed by atoms with Crippen LogP contribution in [0.4, 0.5) is 5.69 Å². The van der Waals surface area contributed by atoms with E-state index in [1.807, 2.05) is 0 Å². The molecule has 0 saturated carbocycles. The van der Waals surface area contributed by atoms with Crippen molar-refractivity contribution in [1.82, 2.24) is 5.32 Å². The van der Waals surface area contributed by atoms with Gasteiger partial charge in [0.05, 0.1) is 0 Å². The standard InChI is InChI=1S/C15H23N3O/c1-3-15(16)12-4-6-14(7-5-12)18-9-8-13(10-18)17-11(2)19/h4-7,13,15H,3,8-10,16H2,1-2H3,(H,17,19)/t13?,15-/m1/s1. The van der Waals surface area contributed by atoms with E-state index in [2.05, 4.69) is 41.4 Å². The van der Waals surface area contributed by atoms with Crippen LogP contribution < -0.4 is 16.0 Å². The van der Waals surface area contributed by atoms with E-state index in [0.717, 1.165) is 25.9 Å². The maximum atomic E-state index is 11.1. The molecule has 2 rings (SSSR count). The molecule has 1 saturated heterocycles. The summed E-state index contributed by atoms with van der Waals surface area (Å²) in [5.74, 6) is 0.0520.